The van der Waals surface area contributed by atoms with Gasteiger partial charge in [0.05, 0.1) is 0 Å². The Morgan fingerprint density at radius 1 is 0.238 bits per heavy atom. The second-order valence-electron chi connectivity index (χ2n) is 7.52. The van der Waals surface area contributed by atoms with E-state index in [0.717, 1.165) is 0 Å². The summed E-state index contributed by atoms with van der Waals surface area (Å²) in [7, 11) is 0. The van der Waals surface area contributed by atoms with E-state index in [1.807, 2.05) is 0 Å². The molecule has 4 rings (SSSR count). The van der Waals surface area contributed by atoms with E-state index in [2.05, 4.69) is 15.0 Å². The number of benzene rings is 3. The normalized spacial score (nSPS) is 11.2. The van der Waals surface area contributed by atoms with Crippen LogP contribution in [0.2, 0.25) is 0 Å². The van der Waals surface area contributed by atoms with Crippen molar-refractivity contribution in [1.29, 1.82) is 0 Å². The predicted octanol–water partition coefficient (Wildman–Crippen LogP) is 7.19. The fourth-order valence-electron chi connectivity index (χ4n) is 3.02. The minimum atomic E-state index is -2.63. The maximum absolute atomic E-state index is 14.1. The Bertz CT molecular complexity index is 1480. The highest BCUT2D eigenvalue weighted by atomic mass is 19.2. The van der Waals surface area contributed by atoms with Crippen LogP contribution in [0.3, 0.4) is 0 Å². The number of anilines is 6. The highest BCUT2D eigenvalue weighted by Crippen LogP contribution is 2.33. The van der Waals surface area contributed by atoms with Crippen molar-refractivity contribution in [1.82, 2.24) is 15.0 Å². The summed E-state index contributed by atoms with van der Waals surface area (Å²) in [6.07, 6.45) is 0. The van der Waals surface area contributed by atoms with Crippen molar-refractivity contribution in [3.63, 3.8) is 0 Å². The van der Waals surface area contributed by atoms with Gasteiger partial charge >= 0.3 is 0 Å². The highest BCUT2D eigenvalue weighted by Gasteiger charge is 2.30. The predicted molar refractivity (Wildman–Crippen MR) is 108 cm³/mol. The number of nitrogens with one attached hydrogen (secondary N) is 3. The average molecular weight is 624 g/mol. The van der Waals surface area contributed by atoms with Gasteiger partial charge in [0.1, 0.15) is 17.1 Å². The third kappa shape index (κ3) is 4.89. The lowest BCUT2D eigenvalue weighted by Gasteiger charge is -2.15. The summed E-state index contributed by atoms with van der Waals surface area (Å²) < 4.78 is 206. The molecule has 3 aromatic carbocycles. The molecule has 0 saturated carbocycles. The van der Waals surface area contributed by atoms with Gasteiger partial charge in [0.15, 0.2) is 69.8 Å². The standard InChI is InChI=1S/C21H3F15N6/c22-1-4(25)10(31)16(11(32)5(1)26)37-19-40-20(38-17-12(33)6(27)2(23)7(28)13(17)34)42-21(41-19)39-18-14(35)8(29)3(24)9(30)15(18)36/h(H3,37,38,39,40,41,42). The highest BCUT2D eigenvalue weighted by molar-refractivity contribution is 5.64. The van der Waals surface area contributed by atoms with E-state index >= 15 is 0 Å². The Kier molecular flexibility index (Phi) is 7.70. The molecule has 0 aliphatic carbocycles. The lowest BCUT2D eigenvalue weighted by Crippen LogP contribution is -2.14. The van der Waals surface area contributed by atoms with Crippen LogP contribution in [0.4, 0.5) is 101 Å². The molecule has 4 aromatic rings. The molecule has 0 bridgehead atoms. The molecule has 0 spiro atoms. The first-order chi connectivity index (χ1) is 19.6. The molecule has 0 radical (unpaired) electrons. The number of hydrogen-bond donors (Lipinski definition) is 3. The molecular weight excluding hydrogens is 621 g/mol. The Morgan fingerprint density at radius 3 is 0.548 bits per heavy atom. The molecule has 42 heavy (non-hydrogen) atoms. The van der Waals surface area contributed by atoms with E-state index < -0.39 is 122 Å². The minimum Gasteiger partial charge on any atom is -0.319 e. The molecule has 21 heteroatoms. The van der Waals surface area contributed by atoms with Crippen LogP contribution in [0.25, 0.3) is 0 Å². The van der Waals surface area contributed by atoms with Crippen LogP contribution < -0.4 is 16.0 Å². The molecule has 0 aliphatic rings. The van der Waals surface area contributed by atoms with E-state index in [1.54, 1.807) is 0 Å². The molecule has 0 aliphatic heterocycles. The van der Waals surface area contributed by atoms with E-state index in [1.165, 1.54) is 16.0 Å². The average Bonchev–Trinajstić information content (AvgIpc) is 2.97. The van der Waals surface area contributed by atoms with Gasteiger partial charge in [-0.2, -0.15) is 15.0 Å². The van der Waals surface area contributed by atoms with Crippen LogP contribution in [-0.2, 0) is 0 Å². The van der Waals surface area contributed by atoms with Crippen molar-refractivity contribution in [2.75, 3.05) is 16.0 Å². The number of nitrogens with zero attached hydrogens (tertiary/aromatic N) is 3. The number of aromatic nitrogens is 3. The summed E-state index contributed by atoms with van der Waals surface area (Å²) in [5.74, 6) is -42.7. The molecule has 0 fully saturated rings. The summed E-state index contributed by atoms with van der Waals surface area (Å²) in [5, 5.41) is 4.18. The van der Waals surface area contributed by atoms with E-state index in [9.17, 15) is 65.9 Å². The van der Waals surface area contributed by atoms with Gasteiger partial charge in [-0.1, -0.05) is 0 Å². The van der Waals surface area contributed by atoms with E-state index in [0.29, 0.717) is 0 Å². The van der Waals surface area contributed by atoms with Crippen LogP contribution in [0.1, 0.15) is 0 Å². The summed E-state index contributed by atoms with van der Waals surface area (Å²) >= 11 is 0. The van der Waals surface area contributed by atoms with Gasteiger partial charge < -0.3 is 16.0 Å². The number of hydrogen-bond acceptors (Lipinski definition) is 6. The second-order valence-corrected chi connectivity index (χ2v) is 7.52. The second kappa shape index (κ2) is 10.8. The quantitative estimate of drug-likeness (QED) is 0.120. The van der Waals surface area contributed by atoms with Crippen LogP contribution in [0.5, 0.6) is 0 Å². The largest absolute Gasteiger partial charge is 0.319 e. The van der Waals surface area contributed by atoms with Crippen molar-refractivity contribution in [3.8, 4) is 0 Å². The summed E-state index contributed by atoms with van der Waals surface area (Å²) in [5.41, 5.74) is -5.74. The molecule has 0 atom stereocenters. The molecule has 1 aromatic heterocycles. The monoisotopic (exact) mass is 624 g/mol. The van der Waals surface area contributed by atoms with Crippen LogP contribution >= 0.6 is 0 Å². The third-order valence-corrected chi connectivity index (χ3v) is 4.98. The SMILES string of the molecule is Fc1c(F)c(F)c(Nc2nc(Nc3c(F)c(F)c(F)c(F)c3F)nc(Nc3c(F)c(F)c(F)c(F)c3F)n2)c(F)c1F. The van der Waals surface area contributed by atoms with Crippen LogP contribution in [0.15, 0.2) is 0 Å². The maximum atomic E-state index is 14.1. The number of rotatable bonds is 6. The van der Waals surface area contributed by atoms with Gasteiger partial charge in [-0.25, -0.2) is 65.9 Å². The smallest absolute Gasteiger partial charge is 0.234 e. The fourth-order valence-corrected chi connectivity index (χ4v) is 3.02. The molecule has 1 heterocycles. The summed E-state index contributed by atoms with van der Waals surface area (Å²) in [4.78, 5) is 9.49. The van der Waals surface area contributed by atoms with Crippen molar-refractivity contribution in [2.45, 2.75) is 0 Å². The molecule has 0 saturated heterocycles. The first-order valence-corrected chi connectivity index (χ1v) is 10.2. The number of halogens is 15. The summed E-state index contributed by atoms with van der Waals surface area (Å²) in [6, 6.07) is 0. The van der Waals surface area contributed by atoms with Gasteiger partial charge in [0.2, 0.25) is 35.3 Å². The molecule has 0 amide bonds. The topological polar surface area (TPSA) is 74.8 Å². The van der Waals surface area contributed by atoms with Crippen molar-refractivity contribution < 1.29 is 65.9 Å². The first kappa shape index (κ1) is 30.0. The van der Waals surface area contributed by atoms with E-state index in [-0.39, 0.29) is 0 Å². The first-order valence-electron chi connectivity index (χ1n) is 10.2. The molecule has 3 N–H and O–H groups in total. The molecule has 0 unspecified atom stereocenters. The summed E-state index contributed by atoms with van der Waals surface area (Å²) in [6.45, 7) is 0. The Balaban J connectivity index is 1.90. The van der Waals surface area contributed by atoms with Crippen molar-refractivity contribution in [3.05, 3.63) is 87.3 Å². The Labute approximate surface area is 219 Å². The van der Waals surface area contributed by atoms with Crippen molar-refractivity contribution in [2.24, 2.45) is 0 Å². The zero-order chi connectivity index (χ0) is 31.4. The van der Waals surface area contributed by atoms with Crippen LogP contribution in [0, 0.1) is 87.3 Å². The van der Waals surface area contributed by atoms with Gasteiger partial charge in [-0.15, -0.1) is 0 Å². The van der Waals surface area contributed by atoms with Crippen molar-refractivity contribution >= 4 is 34.9 Å². The van der Waals surface area contributed by atoms with Crippen LogP contribution in [-0.4, -0.2) is 15.0 Å². The zero-order valence-corrected chi connectivity index (χ0v) is 19.0. The lowest BCUT2D eigenvalue weighted by molar-refractivity contribution is 0.381. The zero-order valence-electron chi connectivity index (χ0n) is 19.0. The van der Waals surface area contributed by atoms with E-state index in [4.69, 9.17) is 0 Å². The third-order valence-electron chi connectivity index (χ3n) is 4.98. The van der Waals surface area contributed by atoms with Gasteiger partial charge in [0, 0.05) is 0 Å². The van der Waals surface area contributed by atoms with Gasteiger partial charge in [-0.05, 0) is 0 Å². The minimum absolute atomic E-state index is 1.39. The lowest BCUT2D eigenvalue weighted by atomic mass is 10.2. The fraction of sp³-hybridized carbons (Fsp3) is 0. The molecule has 222 valence electrons. The Hall–Kier alpha value is -4.98. The Morgan fingerprint density at radius 2 is 0.381 bits per heavy atom. The maximum Gasteiger partial charge on any atom is 0.234 e. The molecule has 6 nitrogen and oxygen atoms in total. The van der Waals surface area contributed by atoms with Gasteiger partial charge in [-0.3, -0.25) is 0 Å². The molecular formula is C21H3F15N6. The van der Waals surface area contributed by atoms with Gasteiger partial charge in [0.25, 0.3) is 0 Å².